The van der Waals surface area contributed by atoms with Gasteiger partial charge in [0.2, 0.25) is 0 Å². The van der Waals surface area contributed by atoms with Crippen LogP contribution in [0.25, 0.3) is 0 Å². The molecule has 0 bridgehead atoms. The number of rotatable bonds is 6. The first-order valence-corrected chi connectivity index (χ1v) is 8.24. The summed E-state index contributed by atoms with van der Waals surface area (Å²) in [4.78, 5) is 12.9. The van der Waals surface area contributed by atoms with Crippen molar-refractivity contribution in [2.24, 2.45) is 17.8 Å². The Bertz CT molecular complexity index is 500. The fourth-order valence-electron chi connectivity index (χ4n) is 2.90. The van der Waals surface area contributed by atoms with Crippen molar-refractivity contribution in [3.8, 4) is 0 Å². The largest absolute Gasteiger partial charge is 0.397 e. The zero-order valence-electron chi connectivity index (χ0n) is 11.0. The van der Waals surface area contributed by atoms with Gasteiger partial charge < -0.3 is 11.1 Å². The zero-order chi connectivity index (χ0) is 13.0. The van der Waals surface area contributed by atoms with Crippen LogP contribution < -0.4 is 11.1 Å². The van der Waals surface area contributed by atoms with Crippen LogP contribution in [-0.4, -0.2) is 11.8 Å². The standard InChI is InChI=1S/C15H20N2OS/c16-11-7-12(19-15(11)14(18)10-5-6-10)17-13(8-1-2-8)9-3-4-9/h7-10,13,17H,1-6,16H2. The highest BCUT2D eigenvalue weighted by atomic mass is 32.1. The summed E-state index contributed by atoms with van der Waals surface area (Å²) in [7, 11) is 0. The maximum absolute atomic E-state index is 12.1. The zero-order valence-corrected chi connectivity index (χ0v) is 11.8. The minimum absolute atomic E-state index is 0.261. The van der Waals surface area contributed by atoms with Crippen LogP contribution in [0.2, 0.25) is 0 Å². The molecule has 3 aliphatic carbocycles. The van der Waals surface area contributed by atoms with Crippen molar-refractivity contribution < 1.29 is 4.79 Å². The molecule has 4 heteroatoms. The summed E-state index contributed by atoms with van der Waals surface area (Å²) in [5.41, 5.74) is 6.69. The molecule has 19 heavy (non-hydrogen) atoms. The van der Waals surface area contributed by atoms with Crippen LogP contribution >= 0.6 is 11.3 Å². The van der Waals surface area contributed by atoms with Crippen molar-refractivity contribution in [3.63, 3.8) is 0 Å². The van der Waals surface area contributed by atoms with Gasteiger partial charge in [-0.15, -0.1) is 11.3 Å². The summed E-state index contributed by atoms with van der Waals surface area (Å²) in [6, 6.07) is 2.60. The Morgan fingerprint density at radius 2 is 1.84 bits per heavy atom. The number of ketones is 1. The van der Waals surface area contributed by atoms with E-state index in [1.54, 1.807) is 11.3 Å². The average molecular weight is 276 g/mol. The molecule has 4 rings (SSSR count). The van der Waals surface area contributed by atoms with E-state index in [2.05, 4.69) is 5.32 Å². The molecule has 0 radical (unpaired) electrons. The average Bonchev–Trinajstić information content (AvgIpc) is 3.28. The monoisotopic (exact) mass is 276 g/mol. The minimum Gasteiger partial charge on any atom is -0.397 e. The molecule has 3 aliphatic rings. The number of thiophene rings is 1. The first kappa shape index (κ1) is 11.8. The van der Waals surface area contributed by atoms with E-state index in [1.165, 1.54) is 25.7 Å². The highest BCUT2D eigenvalue weighted by molar-refractivity contribution is 7.18. The molecule has 1 heterocycles. The van der Waals surface area contributed by atoms with Crippen molar-refractivity contribution >= 4 is 27.8 Å². The van der Waals surface area contributed by atoms with Gasteiger partial charge in [0, 0.05) is 12.0 Å². The van der Waals surface area contributed by atoms with Gasteiger partial charge in [0.05, 0.1) is 15.6 Å². The molecule has 1 aromatic rings. The SMILES string of the molecule is Nc1cc(NC(C2CC2)C2CC2)sc1C(=O)C1CC1. The Kier molecular flexibility index (Phi) is 2.62. The Morgan fingerprint density at radius 1 is 1.21 bits per heavy atom. The lowest BCUT2D eigenvalue weighted by molar-refractivity contribution is 0.0972. The fraction of sp³-hybridized carbons (Fsp3) is 0.667. The molecule has 0 unspecified atom stereocenters. The van der Waals surface area contributed by atoms with Gasteiger partial charge in [-0.25, -0.2) is 0 Å². The molecular weight excluding hydrogens is 256 g/mol. The smallest absolute Gasteiger partial charge is 0.178 e. The highest BCUT2D eigenvalue weighted by Gasteiger charge is 2.41. The molecule has 102 valence electrons. The molecule has 3 N–H and O–H groups in total. The number of hydrogen-bond acceptors (Lipinski definition) is 4. The van der Waals surface area contributed by atoms with Crippen LogP contribution in [0.1, 0.15) is 48.2 Å². The number of anilines is 2. The number of nitrogens with two attached hydrogens (primary N) is 1. The fourth-order valence-corrected chi connectivity index (χ4v) is 3.94. The van der Waals surface area contributed by atoms with Crippen LogP contribution in [0, 0.1) is 17.8 Å². The molecule has 0 aliphatic heterocycles. The van der Waals surface area contributed by atoms with Gasteiger partial charge in [-0.3, -0.25) is 4.79 Å². The third kappa shape index (κ3) is 2.38. The third-order valence-electron chi connectivity index (χ3n) is 4.50. The van der Waals surface area contributed by atoms with E-state index in [0.717, 1.165) is 34.6 Å². The maximum Gasteiger partial charge on any atom is 0.178 e. The Balaban J connectivity index is 1.51. The van der Waals surface area contributed by atoms with Crippen molar-refractivity contribution in [1.29, 1.82) is 0 Å². The van der Waals surface area contributed by atoms with E-state index >= 15 is 0 Å². The van der Waals surface area contributed by atoms with Crippen molar-refractivity contribution in [3.05, 3.63) is 10.9 Å². The quantitative estimate of drug-likeness (QED) is 0.782. The Labute approximate surface area is 117 Å². The number of nitrogens with one attached hydrogen (secondary N) is 1. The molecule has 0 saturated heterocycles. The summed E-state index contributed by atoms with van der Waals surface area (Å²) < 4.78 is 0. The van der Waals surface area contributed by atoms with Crippen molar-refractivity contribution in [2.45, 2.75) is 44.6 Å². The number of Topliss-reactive ketones (excluding diaryl/α,β-unsaturated/α-hetero) is 1. The van der Waals surface area contributed by atoms with E-state index in [1.807, 2.05) is 6.07 Å². The lowest BCUT2D eigenvalue weighted by atomic mass is 10.1. The van der Waals surface area contributed by atoms with Gasteiger partial charge in [0.1, 0.15) is 0 Å². The predicted octanol–water partition coefficient (Wildman–Crippen LogP) is 3.52. The Morgan fingerprint density at radius 3 is 2.37 bits per heavy atom. The first-order chi connectivity index (χ1) is 9.22. The van der Waals surface area contributed by atoms with Gasteiger partial charge >= 0.3 is 0 Å². The number of hydrogen-bond donors (Lipinski definition) is 2. The lowest BCUT2D eigenvalue weighted by Gasteiger charge is -2.17. The molecule has 0 amide bonds. The van der Waals surface area contributed by atoms with Crippen LogP contribution in [0.3, 0.4) is 0 Å². The van der Waals surface area contributed by atoms with E-state index in [0.29, 0.717) is 11.7 Å². The summed E-state index contributed by atoms with van der Waals surface area (Å²) in [6.45, 7) is 0. The second-order valence-corrected chi connectivity index (χ2v) is 7.43. The van der Waals surface area contributed by atoms with E-state index in [4.69, 9.17) is 5.73 Å². The summed E-state index contributed by atoms with van der Waals surface area (Å²) in [5.74, 6) is 2.25. The molecule has 0 atom stereocenters. The van der Waals surface area contributed by atoms with Gasteiger partial charge in [0.15, 0.2) is 5.78 Å². The van der Waals surface area contributed by atoms with Crippen molar-refractivity contribution in [1.82, 2.24) is 0 Å². The first-order valence-electron chi connectivity index (χ1n) is 7.42. The van der Waals surface area contributed by atoms with E-state index in [-0.39, 0.29) is 11.7 Å². The summed E-state index contributed by atoms with van der Waals surface area (Å²) >= 11 is 1.57. The second kappa shape index (κ2) is 4.23. The number of nitrogen functional groups attached to an aromatic ring is 1. The number of carbonyl (C=O) groups excluding carboxylic acids is 1. The van der Waals surface area contributed by atoms with Gasteiger partial charge in [-0.2, -0.15) is 0 Å². The van der Waals surface area contributed by atoms with Crippen LogP contribution in [-0.2, 0) is 0 Å². The minimum atomic E-state index is 0.261. The molecule has 0 spiro atoms. The summed E-state index contributed by atoms with van der Waals surface area (Å²) in [5, 5.41) is 4.77. The van der Waals surface area contributed by atoms with Gasteiger partial charge in [0.25, 0.3) is 0 Å². The lowest BCUT2D eigenvalue weighted by Crippen LogP contribution is -2.23. The van der Waals surface area contributed by atoms with Crippen LogP contribution in [0.15, 0.2) is 6.07 Å². The van der Waals surface area contributed by atoms with Crippen LogP contribution in [0.4, 0.5) is 10.7 Å². The maximum atomic E-state index is 12.1. The molecule has 3 nitrogen and oxygen atoms in total. The third-order valence-corrected chi connectivity index (χ3v) is 5.60. The van der Waals surface area contributed by atoms with E-state index in [9.17, 15) is 4.79 Å². The Hall–Kier alpha value is -1.03. The molecule has 0 aromatic carbocycles. The predicted molar refractivity (Wildman–Crippen MR) is 78.6 cm³/mol. The molecule has 3 fully saturated rings. The van der Waals surface area contributed by atoms with Crippen molar-refractivity contribution in [2.75, 3.05) is 11.1 Å². The normalized spacial score (nSPS) is 22.8. The molecule has 1 aromatic heterocycles. The topological polar surface area (TPSA) is 55.1 Å². The molecule has 3 saturated carbocycles. The van der Waals surface area contributed by atoms with Gasteiger partial charge in [-0.1, -0.05) is 0 Å². The van der Waals surface area contributed by atoms with Gasteiger partial charge in [-0.05, 0) is 56.4 Å². The molecular formula is C15H20N2OS. The second-order valence-electron chi connectivity index (χ2n) is 6.38. The van der Waals surface area contributed by atoms with E-state index < -0.39 is 0 Å². The summed E-state index contributed by atoms with van der Waals surface area (Å²) in [6.07, 6.45) is 7.55. The number of carbonyl (C=O) groups is 1. The van der Waals surface area contributed by atoms with Crippen LogP contribution in [0.5, 0.6) is 0 Å². The highest BCUT2D eigenvalue weighted by Crippen LogP contribution is 2.47.